The summed E-state index contributed by atoms with van der Waals surface area (Å²) >= 11 is 1.82. The van der Waals surface area contributed by atoms with E-state index in [0.29, 0.717) is 0 Å². The number of hydrogen-bond acceptors (Lipinski definition) is 4. The van der Waals surface area contributed by atoms with Crippen molar-refractivity contribution in [1.29, 1.82) is 0 Å². The Morgan fingerprint density at radius 3 is 2.31 bits per heavy atom. The molecule has 4 heterocycles. The molecule has 0 aliphatic rings. The Kier molecular flexibility index (Phi) is 8.48. The number of pyridine rings is 2. The van der Waals surface area contributed by atoms with Crippen LogP contribution in [0.25, 0.3) is 54.5 Å². The number of thiophene rings is 1. The summed E-state index contributed by atoms with van der Waals surface area (Å²) < 4.78 is 7.64. The van der Waals surface area contributed by atoms with Gasteiger partial charge in [-0.15, -0.1) is 65.4 Å². The van der Waals surface area contributed by atoms with Gasteiger partial charge in [0, 0.05) is 47.5 Å². The fourth-order valence-corrected chi connectivity index (χ4v) is 6.19. The normalized spacial score (nSPS) is 11.4. The molecule has 4 aromatic heterocycles. The van der Waals surface area contributed by atoms with Crippen LogP contribution in [0.4, 0.5) is 0 Å². The van der Waals surface area contributed by atoms with E-state index in [1.165, 1.54) is 31.7 Å². The van der Waals surface area contributed by atoms with Gasteiger partial charge in [0.2, 0.25) is 0 Å². The number of furan rings is 1. The molecule has 5 heteroatoms. The Morgan fingerprint density at radius 2 is 1.60 bits per heavy atom. The van der Waals surface area contributed by atoms with Crippen molar-refractivity contribution in [2.45, 2.75) is 47.0 Å². The van der Waals surface area contributed by atoms with E-state index >= 15 is 0 Å². The molecule has 0 spiro atoms. The largest absolute Gasteiger partial charge is 0.501 e. The van der Waals surface area contributed by atoms with Crippen molar-refractivity contribution in [2.24, 2.45) is 0 Å². The predicted octanol–water partition coefficient (Wildman–Crippen LogP) is 10.4. The quantitative estimate of drug-likeness (QED) is 0.166. The Bertz CT molecular complexity index is 2000. The van der Waals surface area contributed by atoms with E-state index in [1.807, 2.05) is 67.1 Å². The molecule has 0 amide bonds. The zero-order valence-electron chi connectivity index (χ0n) is 24.6. The molecular weight excluding hydrogens is 713 g/mol. The van der Waals surface area contributed by atoms with E-state index in [0.717, 1.165) is 44.5 Å². The first-order valence-electron chi connectivity index (χ1n) is 13.8. The van der Waals surface area contributed by atoms with Gasteiger partial charge >= 0.3 is 0 Å². The number of aromatic nitrogens is 2. The van der Waals surface area contributed by atoms with Crippen LogP contribution >= 0.6 is 11.3 Å². The molecule has 1 radical (unpaired) electrons. The standard InChI is InChI=1S/C25H22NOS.C12H10N.Ir/c1-14-13-26-21(12-20(14)25(3,4)5)18-8-6-7-17-19-11-23-16(9-15(2)28-23)10-22(19)27-24(17)18;1-10-7-8-12(13-9-10)11-5-3-2-4-6-11;/h6-7,9-13H,1-5H3;2-5,7-9H,1H3;/q2*-1;. The number of benzene rings is 3. The van der Waals surface area contributed by atoms with Gasteiger partial charge in [-0.3, -0.25) is 0 Å². The van der Waals surface area contributed by atoms with E-state index in [2.05, 4.69) is 88.1 Å². The Labute approximate surface area is 265 Å². The minimum atomic E-state index is 0. The van der Waals surface area contributed by atoms with Gasteiger partial charge in [0.1, 0.15) is 5.58 Å². The van der Waals surface area contributed by atoms with Gasteiger partial charge in [-0.25, -0.2) is 0 Å². The summed E-state index contributed by atoms with van der Waals surface area (Å²) in [6, 6.07) is 31.3. The molecule has 0 aliphatic heterocycles. The number of fused-ring (bicyclic) bond motifs is 4. The monoisotopic (exact) mass is 745 g/mol. The molecule has 0 saturated heterocycles. The predicted molar refractivity (Wildman–Crippen MR) is 173 cm³/mol. The summed E-state index contributed by atoms with van der Waals surface area (Å²) in [6.45, 7) is 13.0. The number of hydrogen-bond donors (Lipinski definition) is 0. The van der Waals surface area contributed by atoms with Crippen LogP contribution in [0.15, 0.2) is 89.6 Å². The molecule has 0 bridgehead atoms. The van der Waals surface area contributed by atoms with Crippen molar-refractivity contribution >= 4 is 43.4 Å². The molecule has 3 aromatic carbocycles. The molecule has 0 aliphatic carbocycles. The van der Waals surface area contributed by atoms with Crippen LogP contribution in [-0.4, -0.2) is 9.97 Å². The second kappa shape index (κ2) is 11.9. The Balaban J connectivity index is 0.000000212. The second-order valence-electron chi connectivity index (χ2n) is 11.6. The van der Waals surface area contributed by atoms with E-state index < -0.39 is 0 Å². The van der Waals surface area contributed by atoms with Gasteiger partial charge in [0.25, 0.3) is 0 Å². The van der Waals surface area contributed by atoms with Crippen molar-refractivity contribution < 1.29 is 24.5 Å². The molecular formula is C37H32IrN2OS-2. The maximum atomic E-state index is 6.34. The van der Waals surface area contributed by atoms with E-state index in [-0.39, 0.29) is 25.5 Å². The second-order valence-corrected chi connectivity index (χ2v) is 12.9. The third-order valence-electron chi connectivity index (χ3n) is 7.26. The van der Waals surface area contributed by atoms with E-state index in [4.69, 9.17) is 9.40 Å². The first-order chi connectivity index (χ1) is 19.7. The van der Waals surface area contributed by atoms with Gasteiger partial charge in [-0.2, -0.15) is 0 Å². The summed E-state index contributed by atoms with van der Waals surface area (Å²) in [7, 11) is 0. The average molecular weight is 745 g/mol. The smallest absolute Gasteiger partial charge is 0.121 e. The molecule has 0 fully saturated rings. The molecule has 3 nitrogen and oxygen atoms in total. The van der Waals surface area contributed by atoms with Crippen molar-refractivity contribution in [3.63, 3.8) is 0 Å². The van der Waals surface area contributed by atoms with Gasteiger partial charge in [-0.05, 0) is 77.8 Å². The molecule has 0 unspecified atom stereocenters. The van der Waals surface area contributed by atoms with E-state index in [9.17, 15) is 0 Å². The molecule has 7 rings (SSSR count). The topological polar surface area (TPSA) is 38.9 Å². The maximum Gasteiger partial charge on any atom is 0.121 e. The Hall–Kier alpha value is -3.63. The molecule has 42 heavy (non-hydrogen) atoms. The Morgan fingerprint density at radius 1 is 0.786 bits per heavy atom. The van der Waals surface area contributed by atoms with Crippen molar-refractivity contribution in [1.82, 2.24) is 9.97 Å². The third-order valence-corrected chi connectivity index (χ3v) is 8.27. The van der Waals surface area contributed by atoms with Gasteiger partial charge in [0.15, 0.2) is 0 Å². The zero-order chi connectivity index (χ0) is 28.7. The molecule has 0 atom stereocenters. The maximum absolute atomic E-state index is 6.34. The fraction of sp³-hybridized carbons (Fsp3) is 0.189. The van der Waals surface area contributed by atoms with Gasteiger partial charge < -0.3 is 14.4 Å². The molecule has 213 valence electrons. The van der Waals surface area contributed by atoms with Crippen LogP contribution in [-0.2, 0) is 25.5 Å². The first-order valence-corrected chi connectivity index (χ1v) is 14.6. The van der Waals surface area contributed by atoms with Gasteiger partial charge in [-0.1, -0.05) is 49.9 Å². The fourth-order valence-electron chi connectivity index (χ4n) is 5.24. The van der Waals surface area contributed by atoms with Crippen LogP contribution in [0, 0.1) is 32.9 Å². The summed E-state index contributed by atoms with van der Waals surface area (Å²) in [5.74, 6) is 0. The number of nitrogens with zero attached hydrogens (tertiary/aromatic N) is 2. The summed E-state index contributed by atoms with van der Waals surface area (Å²) in [6.07, 6.45) is 3.83. The average Bonchev–Trinajstić information content (AvgIpc) is 3.50. The van der Waals surface area contributed by atoms with Crippen LogP contribution in [0.1, 0.15) is 42.3 Å². The number of aryl methyl sites for hydroxylation is 3. The molecule has 0 saturated carbocycles. The number of rotatable bonds is 2. The van der Waals surface area contributed by atoms with Gasteiger partial charge in [0.05, 0.1) is 5.58 Å². The SMILES string of the molecule is Cc1cc2cc3oc4c(-c5cc(C(C)(C)C)c(C)cn5)[c-]ccc4c3cc2s1.Cc1ccc(-c2[c-]cccc2)nc1.[Ir]. The van der Waals surface area contributed by atoms with E-state index in [1.54, 1.807) is 0 Å². The molecule has 7 aromatic rings. The summed E-state index contributed by atoms with van der Waals surface area (Å²) in [4.78, 5) is 10.3. The van der Waals surface area contributed by atoms with Crippen LogP contribution in [0.2, 0.25) is 0 Å². The molecule has 0 N–H and O–H groups in total. The van der Waals surface area contributed by atoms with Crippen LogP contribution < -0.4 is 0 Å². The zero-order valence-corrected chi connectivity index (χ0v) is 27.8. The minimum absolute atomic E-state index is 0. The van der Waals surface area contributed by atoms with Crippen molar-refractivity contribution in [3.05, 3.63) is 119 Å². The first kappa shape index (κ1) is 29.8. The summed E-state index contributed by atoms with van der Waals surface area (Å²) in [5, 5.41) is 3.52. The van der Waals surface area contributed by atoms with Crippen molar-refractivity contribution in [3.8, 4) is 22.5 Å². The minimum Gasteiger partial charge on any atom is -0.501 e. The summed E-state index contributed by atoms with van der Waals surface area (Å²) in [5.41, 5.74) is 9.40. The van der Waals surface area contributed by atoms with Crippen molar-refractivity contribution in [2.75, 3.05) is 0 Å². The third kappa shape index (κ3) is 5.96. The van der Waals surface area contributed by atoms with Crippen LogP contribution in [0.5, 0.6) is 0 Å². The van der Waals surface area contributed by atoms with Crippen LogP contribution in [0.3, 0.4) is 0 Å².